The van der Waals surface area contributed by atoms with Gasteiger partial charge in [0.1, 0.15) is 12.0 Å². The van der Waals surface area contributed by atoms with E-state index in [2.05, 4.69) is 0 Å². The summed E-state index contributed by atoms with van der Waals surface area (Å²) in [6.07, 6.45) is 2.52. The first-order chi connectivity index (χ1) is 7.55. The number of rotatable bonds is 9. The monoisotopic (exact) mass is 319 g/mol. The molecule has 4 nitrogen and oxygen atoms in total. The van der Waals surface area contributed by atoms with Crippen LogP contribution in [-0.4, -0.2) is 30.1 Å². The van der Waals surface area contributed by atoms with Crippen molar-refractivity contribution in [3.63, 3.8) is 0 Å². The Kier molecular flexibility index (Phi) is 11.7. The van der Waals surface area contributed by atoms with Crippen molar-refractivity contribution in [2.75, 3.05) is 13.2 Å². The topological polar surface area (TPSA) is 63.6 Å². The third-order valence-electron chi connectivity index (χ3n) is 3.03. The van der Waals surface area contributed by atoms with Crippen LogP contribution in [0.5, 0.6) is 0 Å². The minimum absolute atomic E-state index is 0. The Bertz CT molecular complexity index is 237. The third kappa shape index (κ3) is 5.58. The molecule has 0 aliphatic rings. The van der Waals surface area contributed by atoms with Crippen LogP contribution in [0.15, 0.2) is 0 Å². The Morgan fingerprint density at radius 2 is 1.71 bits per heavy atom. The number of carbonyl (C=O) groups excluding carboxylic acids is 1. The van der Waals surface area contributed by atoms with Crippen LogP contribution >= 0.6 is 0 Å². The summed E-state index contributed by atoms with van der Waals surface area (Å²) in [5.41, 5.74) is -1.26. The van der Waals surface area contributed by atoms with Crippen molar-refractivity contribution in [2.24, 2.45) is 5.41 Å². The summed E-state index contributed by atoms with van der Waals surface area (Å²) in [7, 11) is 0. The summed E-state index contributed by atoms with van der Waals surface area (Å²) in [4.78, 5) is 23.0. The summed E-state index contributed by atoms with van der Waals surface area (Å²) in [5.74, 6) is -1.36. The fourth-order valence-electron chi connectivity index (χ4n) is 1.62. The van der Waals surface area contributed by atoms with Crippen LogP contribution in [0.25, 0.3) is 0 Å². The Morgan fingerprint density at radius 1 is 1.18 bits per heavy atom. The van der Waals surface area contributed by atoms with Crippen LogP contribution in [0.1, 0.15) is 46.5 Å². The summed E-state index contributed by atoms with van der Waals surface area (Å²) in [5, 5.41) is 9.12. The number of ketones is 1. The molecule has 0 bridgehead atoms. The minimum Gasteiger partial charge on any atom is -0.480 e. The maximum absolute atomic E-state index is 11.8. The molecule has 17 heavy (non-hydrogen) atoms. The normalized spacial score (nSPS) is 10.8. The molecule has 1 N–H and O–H groups in total. The summed E-state index contributed by atoms with van der Waals surface area (Å²) in [6.45, 7) is 5.91. The van der Waals surface area contributed by atoms with E-state index in [1.54, 1.807) is 13.8 Å². The predicted octanol–water partition coefficient (Wildman–Crippen LogP) is 2.26. The van der Waals surface area contributed by atoms with Crippen molar-refractivity contribution >= 4 is 11.8 Å². The molecule has 0 saturated carbocycles. The van der Waals surface area contributed by atoms with Crippen LogP contribution in [0.4, 0.5) is 0 Å². The van der Waals surface area contributed by atoms with Gasteiger partial charge in [-0.1, -0.05) is 27.2 Å². The Labute approximate surface area is 128 Å². The fourth-order valence-corrected chi connectivity index (χ4v) is 1.62. The molecule has 0 aromatic heterocycles. The first kappa shape index (κ1) is 19.5. The van der Waals surface area contributed by atoms with Gasteiger partial charge >= 0.3 is 5.97 Å². The van der Waals surface area contributed by atoms with E-state index < -0.39 is 11.4 Å². The molecule has 0 unspecified atom stereocenters. The molecule has 0 amide bonds. The summed E-state index contributed by atoms with van der Waals surface area (Å²) >= 11 is 0. The summed E-state index contributed by atoms with van der Waals surface area (Å²) < 4.78 is 5.18. The average Bonchev–Trinajstić information content (AvgIpc) is 2.26. The fraction of sp³-hybridized carbons (Fsp3) is 0.833. The maximum atomic E-state index is 11.8. The Morgan fingerprint density at radius 3 is 2.06 bits per heavy atom. The van der Waals surface area contributed by atoms with Gasteiger partial charge in [0.15, 0.2) is 5.78 Å². The molecule has 0 heterocycles. The van der Waals surface area contributed by atoms with E-state index in [-0.39, 0.29) is 45.1 Å². The van der Waals surface area contributed by atoms with E-state index in [0.29, 0.717) is 19.4 Å². The van der Waals surface area contributed by atoms with Gasteiger partial charge in [0.25, 0.3) is 0 Å². The molecule has 0 aliphatic heterocycles. The number of hydrogen-bond acceptors (Lipinski definition) is 3. The largest absolute Gasteiger partial charge is 0.480 e. The van der Waals surface area contributed by atoms with Crippen molar-refractivity contribution in [2.45, 2.75) is 46.5 Å². The molecule has 97 valence electrons. The van der Waals surface area contributed by atoms with Gasteiger partial charge in [-0.25, -0.2) is 0 Å². The number of unbranched alkanes of at least 4 members (excludes halogenated alkanes) is 1. The zero-order valence-corrected chi connectivity index (χ0v) is 13.8. The molecule has 5 heteroatoms. The first-order valence-corrected chi connectivity index (χ1v) is 5.89. The predicted molar refractivity (Wildman–Crippen MR) is 61.4 cm³/mol. The second-order valence-electron chi connectivity index (χ2n) is 3.92. The zero-order chi connectivity index (χ0) is 12.6. The molecule has 0 rings (SSSR count). The summed E-state index contributed by atoms with van der Waals surface area (Å²) in [6, 6.07) is 0. The van der Waals surface area contributed by atoms with E-state index in [9.17, 15) is 9.59 Å². The van der Waals surface area contributed by atoms with Gasteiger partial charge in [-0.15, -0.1) is 0 Å². The van der Waals surface area contributed by atoms with Gasteiger partial charge in [0, 0.05) is 39.3 Å². The van der Waals surface area contributed by atoms with Crippen LogP contribution in [0.3, 0.4) is 0 Å². The molecular formula is C12H22O4Y. The second-order valence-corrected chi connectivity index (χ2v) is 3.92. The van der Waals surface area contributed by atoms with Crippen LogP contribution in [0, 0.1) is 5.41 Å². The number of carboxylic acids is 1. The van der Waals surface area contributed by atoms with Gasteiger partial charge in [-0.05, 0) is 19.3 Å². The molecule has 0 atom stereocenters. The molecule has 0 saturated heterocycles. The molecule has 0 aliphatic carbocycles. The molecular weight excluding hydrogens is 297 g/mol. The van der Waals surface area contributed by atoms with Gasteiger partial charge in [-0.3, -0.25) is 9.59 Å². The molecule has 0 fully saturated rings. The van der Waals surface area contributed by atoms with Gasteiger partial charge in [0.2, 0.25) is 0 Å². The number of carbonyl (C=O) groups is 2. The number of hydrogen-bond donors (Lipinski definition) is 1. The van der Waals surface area contributed by atoms with E-state index >= 15 is 0 Å². The molecule has 0 aromatic rings. The van der Waals surface area contributed by atoms with Crippen molar-refractivity contribution in [1.29, 1.82) is 0 Å². The Hall–Kier alpha value is 0.204. The quantitative estimate of drug-likeness (QED) is 0.523. The van der Waals surface area contributed by atoms with Gasteiger partial charge < -0.3 is 9.84 Å². The minimum atomic E-state index is -1.26. The molecule has 0 spiro atoms. The smallest absolute Gasteiger partial charge is 0.317 e. The van der Waals surface area contributed by atoms with Crippen molar-refractivity contribution in [3.05, 3.63) is 0 Å². The number of aliphatic carboxylic acids is 1. The average molecular weight is 319 g/mol. The van der Waals surface area contributed by atoms with Crippen LogP contribution in [0.2, 0.25) is 0 Å². The standard InChI is InChI=1S/C12H22O4.Y/c1-4-7-8-16-9-10(13)12(5-2,6-3)11(14)15;/h4-9H2,1-3H3,(H,14,15);. The van der Waals surface area contributed by atoms with Crippen LogP contribution < -0.4 is 0 Å². The maximum Gasteiger partial charge on any atom is 0.317 e. The van der Waals surface area contributed by atoms with Gasteiger partial charge in [0.05, 0.1) is 0 Å². The number of carboxylic acid groups (broad SMARTS) is 1. The first-order valence-electron chi connectivity index (χ1n) is 5.89. The van der Waals surface area contributed by atoms with E-state index in [0.717, 1.165) is 12.8 Å². The number of ether oxygens (including phenoxy) is 1. The SMILES string of the molecule is CCCCOCC(=O)C(CC)(CC)C(=O)O.[Y]. The second kappa shape index (κ2) is 10.2. The molecule has 1 radical (unpaired) electrons. The van der Waals surface area contributed by atoms with Crippen molar-refractivity contribution in [3.8, 4) is 0 Å². The van der Waals surface area contributed by atoms with E-state index in [1.807, 2.05) is 6.92 Å². The zero-order valence-electron chi connectivity index (χ0n) is 11.0. The molecule has 0 aromatic carbocycles. The van der Waals surface area contributed by atoms with Crippen molar-refractivity contribution in [1.82, 2.24) is 0 Å². The number of Topliss-reactive ketones (excluding diaryl/α,β-unsaturated/α-hetero) is 1. The van der Waals surface area contributed by atoms with E-state index in [1.165, 1.54) is 0 Å². The van der Waals surface area contributed by atoms with Crippen molar-refractivity contribution < 1.29 is 52.1 Å². The van der Waals surface area contributed by atoms with Crippen LogP contribution in [-0.2, 0) is 47.0 Å². The van der Waals surface area contributed by atoms with E-state index in [4.69, 9.17) is 9.84 Å². The van der Waals surface area contributed by atoms with Gasteiger partial charge in [-0.2, -0.15) is 0 Å². The Balaban J connectivity index is 0. The third-order valence-corrected chi connectivity index (χ3v) is 3.03.